The van der Waals surface area contributed by atoms with Crippen molar-refractivity contribution < 1.29 is 14.3 Å². The molecule has 0 unspecified atom stereocenters. The van der Waals surface area contributed by atoms with E-state index in [1.54, 1.807) is 18.8 Å². The van der Waals surface area contributed by atoms with Gasteiger partial charge >= 0.3 is 5.97 Å². The number of aryl methyl sites for hydroxylation is 1. The first-order valence-corrected chi connectivity index (χ1v) is 7.40. The lowest BCUT2D eigenvalue weighted by Crippen LogP contribution is -2.08. The van der Waals surface area contributed by atoms with Gasteiger partial charge in [0.15, 0.2) is 0 Å². The Labute approximate surface area is 144 Å². The SMILES string of the molecule is COC(=O)c1ccnc(C#Cc2c3ccc(OC)cc3nn2C)c1N. The zero-order valence-electron chi connectivity index (χ0n) is 14.0. The second-order valence-electron chi connectivity index (χ2n) is 5.22. The second kappa shape index (κ2) is 6.53. The van der Waals surface area contributed by atoms with Gasteiger partial charge < -0.3 is 15.2 Å². The van der Waals surface area contributed by atoms with Crippen molar-refractivity contribution in [2.24, 2.45) is 7.05 Å². The molecule has 0 saturated heterocycles. The minimum absolute atomic E-state index is 0.190. The number of hydrogen-bond acceptors (Lipinski definition) is 6. The summed E-state index contributed by atoms with van der Waals surface area (Å²) in [5.41, 5.74) is 8.21. The van der Waals surface area contributed by atoms with Crippen molar-refractivity contribution in [2.45, 2.75) is 0 Å². The summed E-state index contributed by atoms with van der Waals surface area (Å²) >= 11 is 0. The number of anilines is 1. The molecule has 0 aliphatic rings. The van der Waals surface area contributed by atoms with Gasteiger partial charge in [-0.15, -0.1) is 0 Å². The van der Waals surface area contributed by atoms with E-state index in [4.69, 9.17) is 15.2 Å². The van der Waals surface area contributed by atoms with Gasteiger partial charge in [0.2, 0.25) is 0 Å². The van der Waals surface area contributed by atoms with Crippen molar-refractivity contribution in [3.05, 3.63) is 47.4 Å². The standard InChI is InChI=1S/C18H16N4O3/c1-22-16(12-5-4-11(24-2)10-15(12)21-22)7-6-14-17(19)13(8-9-20-14)18(23)25-3/h4-5,8-10H,19H2,1-3H3. The number of rotatable bonds is 2. The van der Waals surface area contributed by atoms with Crippen LogP contribution in [0.3, 0.4) is 0 Å². The molecule has 1 aromatic carbocycles. The monoisotopic (exact) mass is 336 g/mol. The van der Waals surface area contributed by atoms with Crippen LogP contribution in [0.2, 0.25) is 0 Å². The highest BCUT2D eigenvalue weighted by atomic mass is 16.5. The van der Waals surface area contributed by atoms with Crippen molar-refractivity contribution in [2.75, 3.05) is 20.0 Å². The molecule has 0 amide bonds. The maximum Gasteiger partial charge on any atom is 0.340 e. The summed E-state index contributed by atoms with van der Waals surface area (Å²) in [6, 6.07) is 7.08. The Morgan fingerprint density at radius 1 is 1.24 bits per heavy atom. The van der Waals surface area contributed by atoms with E-state index in [0.717, 1.165) is 16.7 Å². The molecule has 2 aromatic heterocycles. The normalized spacial score (nSPS) is 10.2. The molecule has 3 rings (SSSR count). The first-order valence-electron chi connectivity index (χ1n) is 7.40. The number of ether oxygens (including phenoxy) is 2. The van der Waals surface area contributed by atoms with Crippen LogP contribution in [0, 0.1) is 11.8 Å². The molecule has 7 nitrogen and oxygen atoms in total. The highest BCUT2D eigenvalue weighted by Crippen LogP contribution is 2.22. The molecule has 0 bridgehead atoms. The van der Waals surface area contributed by atoms with Crippen LogP contribution in [0.1, 0.15) is 21.7 Å². The molecule has 3 aromatic rings. The Bertz CT molecular complexity index is 1030. The lowest BCUT2D eigenvalue weighted by Gasteiger charge is -2.04. The number of nitrogen functional groups attached to an aromatic ring is 1. The fourth-order valence-corrected chi connectivity index (χ4v) is 2.43. The summed E-state index contributed by atoms with van der Waals surface area (Å²) in [6.07, 6.45) is 1.47. The number of fused-ring (bicyclic) bond motifs is 1. The summed E-state index contributed by atoms with van der Waals surface area (Å²) in [5.74, 6) is 6.14. The van der Waals surface area contributed by atoms with E-state index in [9.17, 15) is 4.79 Å². The van der Waals surface area contributed by atoms with Gasteiger partial charge in [-0.3, -0.25) is 4.68 Å². The van der Waals surface area contributed by atoms with E-state index in [0.29, 0.717) is 11.4 Å². The molecule has 0 radical (unpaired) electrons. The number of nitrogens with two attached hydrogens (primary N) is 1. The van der Waals surface area contributed by atoms with Crippen molar-refractivity contribution in [3.63, 3.8) is 0 Å². The van der Waals surface area contributed by atoms with Crippen LogP contribution in [0.5, 0.6) is 5.75 Å². The molecule has 126 valence electrons. The zero-order chi connectivity index (χ0) is 18.0. The number of hydrogen-bond donors (Lipinski definition) is 1. The van der Waals surface area contributed by atoms with Crippen LogP contribution in [-0.2, 0) is 11.8 Å². The molecular weight excluding hydrogens is 320 g/mol. The number of nitrogens with zero attached hydrogens (tertiary/aromatic N) is 3. The summed E-state index contributed by atoms with van der Waals surface area (Å²) in [7, 11) is 4.70. The maximum atomic E-state index is 11.7. The van der Waals surface area contributed by atoms with E-state index < -0.39 is 5.97 Å². The van der Waals surface area contributed by atoms with E-state index in [1.165, 1.54) is 19.4 Å². The quantitative estimate of drug-likeness (QED) is 0.566. The largest absolute Gasteiger partial charge is 0.497 e. The topological polar surface area (TPSA) is 92.3 Å². The maximum absolute atomic E-state index is 11.7. The Balaban J connectivity index is 2.07. The van der Waals surface area contributed by atoms with Gasteiger partial charge in [0, 0.05) is 24.7 Å². The molecule has 0 saturated carbocycles. The molecule has 25 heavy (non-hydrogen) atoms. The fraction of sp³-hybridized carbons (Fsp3) is 0.167. The molecule has 2 heterocycles. The third-order valence-corrected chi connectivity index (χ3v) is 3.74. The zero-order valence-corrected chi connectivity index (χ0v) is 14.0. The van der Waals surface area contributed by atoms with Crippen molar-refractivity contribution >= 4 is 22.6 Å². The Morgan fingerprint density at radius 2 is 2.04 bits per heavy atom. The predicted molar refractivity (Wildman–Crippen MR) is 93.2 cm³/mol. The van der Waals surface area contributed by atoms with Gasteiger partial charge in [0.05, 0.1) is 31.0 Å². The van der Waals surface area contributed by atoms with Crippen molar-refractivity contribution in [3.8, 4) is 17.6 Å². The van der Waals surface area contributed by atoms with E-state index >= 15 is 0 Å². The summed E-state index contributed by atoms with van der Waals surface area (Å²) in [4.78, 5) is 15.8. The van der Waals surface area contributed by atoms with E-state index in [2.05, 4.69) is 21.9 Å². The van der Waals surface area contributed by atoms with Gasteiger partial charge in [0.25, 0.3) is 0 Å². The van der Waals surface area contributed by atoms with Gasteiger partial charge in [0.1, 0.15) is 17.1 Å². The smallest absolute Gasteiger partial charge is 0.340 e. The number of carbonyl (C=O) groups excluding carboxylic acids is 1. The first-order chi connectivity index (χ1) is 12.0. The summed E-state index contributed by atoms with van der Waals surface area (Å²) in [5, 5.41) is 5.31. The van der Waals surface area contributed by atoms with Gasteiger partial charge in [-0.05, 0) is 30.0 Å². The molecule has 0 spiro atoms. The Kier molecular flexibility index (Phi) is 4.27. The molecule has 0 fully saturated rings. The van der Waals surface area contributed by atoms with Crippen molar-refractivity contribution in [1.29, 1.82) is 0 Å². The molecule has 0 aliphatic carbocycles. The van der Waals surface area contributed by atoms with E-state index in [-0.39, 0.29) is 11.3 Å². The third-order valence-electron chi connectivity index (χ3n) is 3.74. The van der Waals surface area contributed by atoms with Crippen molar-refractivity contribution in [1.82, 2.24) is 14.8 Å². The van der Waals surface area contributed by atoms with Crippen LogP contribution in [0.15, 0.2) is 30.5 Å². The Morgan fingerprint density at radius 3 is 2.76 bits per heavy atom. The van der Waals surface area contributed by atoms with Gasteiger partial charge in [-0.2, -0.15) is 5.10 Å². The predicted octanol–water partition coefficient (Wildman–Crippen LogP) is 1.75. The number of benzene rings is 1. The molecule has 0 aliphatic heterocycles. The first kappa shape index (κ1) is 16.3. The number of carbonyl (C=O) groups is 1. The van der Waals surface area contributed by atoms with Crippen LogP contribution in [0.25, 0.3) is 10.9 Å². The lowest BCUT2D eigenvalue weighted by molar-refractivity contribution is 0.0602. The van der Waals surface area contributed by atoms with Crippen LogP contribution in [0.4, 0.5) is 5.69 Å². The van der Waals surface area contributed by atoms with Gasteiger partial charge in [-0.25, -0.2) is 9.78 Å². The average molecular weight is 336 g/mol. The second-order valence-corrected chi connectivity index (χ2v) is 5.22. The minimum atomic E-state index is -0.527. The number of methoxy groups -OCH3 is 2. The molecule has 2 N–H and O–H groups in total. The molecule has 7 heteroatoms. The Hall–Kier alpha value is -3.53. The summed E-state index contributed by atoms with van der Waals surface area (Å²) in [6.45, 7) is 0. The minimum Gasteiger partial charge on any atom is -0.497 e. The fourth-order valence-electron chi connectivity index (χ4n) is 2.43. The van der Waals surface area contributed by atoms with Crippen LogP contribution in [-0.4, -0.2) is 35.0 Å². The molecular formula is C18H16N4O3. The third kappa shape index (κ3) is 2.97. The lowest BCUT2D eigenvalue weighted by atomic mass is 10.1. The van der Waals surface area contributed by atoms with Crippen LogP contribution < -0.4 is 10.5 Å². The molecule has 0 atom stereocenters. The average Bonchev–Trinajstić information content (AvgIpc) is 2.94. The number of esters is 1. The highest BCUT2D eigenvalue weighted by molar-refractivity contribution is 5.96. The van der Waals surface area contributed by atoms with Gasteiger partial charge in [-0.1, -0.05) is 0 Å². The van der Waals surface area contributed by atoms with E-state index in [1.807, 2.05) is 18.2 Å². The van der Waals surface area contributed by atoms with Crippen LogP contribution >= 0.6 is 0 Å². The number of pyridine rings is 1. The highest BCUT2D eigenvalue weighted by Gasteiger charge is 2.13. The number of aromatic nitrogens is 3. The summed E-state index contributed by atoms with van der Waals surface area (Å²) < 4.78 is 11.6.